The molecule has 1 amide bonds. The Kier molecular flexibility index (Phi) is 3.10. The van der Waals surface area contributed by atoms with Crippen LogP contribution in [0.4, 0.5) is 5.69 Å². The highest BCUT2D eigenvalue weighted by Gasteiger charge is 2.14. The van der Waals surface area contributed by atoms with Gasteiger partial charge in [-0.05, 0) is 0 Å². The predicted octanol–water partition coefficient (Wildman–Crippen LogP) is 0.621. The molecule has 6 nitrogen and oxygen atoms in total. The third kappa shape index (κ3) is 2.14. The van der Waals surface area contributed by atoms with E-state index in [-0.39, 0.29) is 12.5 Å². The number of nitrogens with zero attached hydrogens (tertiary/aromatic N) is 3. The fourth-order valence-electron chi connectivity index (χ4n) is 1.56. The zero-order chi connectivity index (χ0) is 12.4. The van der Waals surface area contributed by atoms with Crippen LogP contribution >= 0.6 is 11.3 Å². The zero-order valence-electron chi connectivity index (χ0n) is 9.51. The molecule has 0 bridgehead atoms. The summed E-state index contributed by atoms with van der Waals surface area (Å²) in [6.07, 6.45) is 1.66. The van der Waals surface area contributed by atoms with Gasteiger partial charge in [-0.15, -0.1) is 11.3 Å². The molecule has 0 radical (unpaired) electrons. The SMILES string of the molecule is COc1ncc(N(C)CC(N)=O)c2scnc12. The van der Waals surface area contributed by atoms with Crippen LogP contribution in [0, 0.1) is 0 Å². The molecule has 0 unspecified atom stereocenters. The van der Waals surface area contributed by atoms with Crippen LogP contribution in [0.2, 0.25) is 0 Å². The van der Waals surface area contributed by atoms with Crippen molar-refractivity contribution in [1.82, 2.24) is 9.97 Å². The Labute approximate surface area is 102 Å². The lowest BCUT2D eigenvalue weighted by atomic mass is 10.3. The number of amides is 1. The van der Waals surface area contributed by atoms with Crippen molar-refractivity contribution in [1.29, 1.82) is 0 Å². The van der Waals surface area contributed by atoms with Crippen molar-refractivity contribution in [3.8, 4) is 5.88 Å². The molecule has 2 N–H and O–H groups in total. The lowest BCUT2D eigenvalue weighted by Gasteiger charge is -2.17. The summed E-state index contributed by atoms with van der Waals surface area (Å²) in [6, 6.07) is 0. The molecule has 0 fully saturated rings. The fourth-order valence-corrected chi connectivity index (χ4v) is 2.40. The highest BCUT2D eigenvalue weighted by Crippen LogP contribution is 2.33. The van der Waals surface area contributed by atoms with Gasteiger partial charge in [0.15, 0.2) is 0 Å². The number of aromatic nitrogens is 2. The second-order valence-electron chi connectivity index (χ2n) is 3.51. The van der Waals surface area contributed by atoms with Crippen molar-refractivity contribution >= 4 is 33.1 Å². The average molecular weight is 252 g/mol. The number of nitrogens with two attached hydrogens (primary N) is 1. The standard InChI is InChI=1S/C10H12N4O2S/c1-14(4-7(11)15)6-3-12-10(16-2)8-9(6)17-5-13-8/h3,5H,4H2,1-2H3,(H2,11,15). The number of carbonyl (C=O) groups excluding carboxylic acids is 1. The number of hydrogen-bond donors (Lipinski definition) is 1. The summed E-state index contributed by atoms with van der Waals surface area (Å²) < 4.78 is 6.06. The Morgan fingerprint density at radius 1 is 1.59 bits per heavy atom. The minimum Gasteiger partial charge on any atom is -0.479 e. The Bertz CT molecular complexity index is 554. The number of fused-ring (bicyclic) bond motifs is 1. The predicted molar refractivity (Wildman–Crippen MR) is 66.4 cm³/mol. The molecule has 2 aromatic rings. The lowest BCUT2D eigenvalue weighted by molar-refractivity contribution is -0.116. The number of ether oxygens (including phenoxy) is 1. The number of pyridine rings is 1. The minimum atomic E-state index is -0.388. The maximum Gasteiger partial charge on any atom is 0.241 e. The van der Waals surface area contributed by atoms with Crippen molar-refractivity contribution in [2.24, 2.45) is 5.73 Å². The van der Waals surface area contributed by atoms with Crippen LogP contribution < -0.4 is 15.4 Å². The zero-order valence-corrected chi connectivity index (χ0v) is 10.3. The summed E-state index contributed by atoms with van der Waals surface area (Å²) in [5.74, 6) is 0.0958. The van der Waals surface area contributed by atoms with Gasteiger partial charge in [0, 0.05) is 7.05 Å². The number of likely N-dealkylation sites (N-methyl/N-ethyl adjacent to an activating group) is 1. The first-order valence-corrected chi connectivity index (χ1v) is 5.77. The van der Waals surface area contributed by atoms with E-state index in [1.165, 1.54) is 11.3 Å². The van der Waals surface area contributed by atoms with E-state index in [1.807, 2.05) is 0 Å². The number of rotatable bonds is 4. The number of anilines is 1. The second kappa shape index (κ2) is 4.54. The van der Waals surface area contributed by atoms with Crippen LogP contribution in [0.3, 0.4) is 0 Å². The van der Waals surface area contributed by atoms with E-state index in [0.29, 0.717) is 11.4 Å². The summed E-state index contributed by atoms with van der Waals surface area (Å²) in [6.45, 7) is 0.140. The van der Waals surface area contributed by atoms with Gasteiger partial charge in [0.05, 0.1) is 35.7 Å². The van der Waals surface area contributed by atoms with E-state index in [1.54, 1.807) is 30.8 Å². The van der Waals surface area contributed by atoms with Gasteiger partial charge in [-0.3, -0.25) is 4.79 Å². The molecule has 2 aromatic heterocycles. The van der Waals surface area contributed by atoms with Gasteiger partial charge in [0.2, 0.25) is 11.8 Å². The molecule has 7 heteroatoms. The summed E-state index contributed by atoms with van der Waals surface area (Å²) in [4.78, 5) is 21.0. The number of carbonyl (C=O) groups is 1. The molecule has 0 spiro atoms. The summed E-state index contributed by atoms with van der Waals surface area (Å²) in [5, 5.41) is 0. The first kappa shape index (κ1) is 11.6. The number of primary amides is 1. The average Bonchev–Trinajstić information content (AvgIpc) is 2.75. The van der Waals surface area contributed by atoms with Crippen LogP contribution in [0.15, 0.2) is 11.7 Å². The minimum absolute atomic E-state index is 0.140. The van der Waals surface area contributed by atoms with Crippen molar-refractivity contribution < 1.29 is 9.53 Å². The van der Waals surface area contributed by atoms with Gasteiger partial charge in [0.1, 0.15) is 5.52 Å². The van der Waals surface area contributed by atoms with E-state index in [2.05, 4.69) is 9.97 Å². The molecule has 0 aliphatic rings. The van der Waals surface area contributed by atoms with Crippen molar-refractivity contribution in [3.05, 3.63) is 11.7 Å². The molecule has 0 aliphatic carbocycles. The normalized spacial score (nSPS) is 10.5. The smallest absolute Gasteiger partial charge is 0.241 e. The van der Waals surface area contributed by atoms with Crippen molar-refractivity contribution in [3.63, 3.8) is 0 Å². The lowest BCUT2D eigenvalue weighted by Crippen LogP contribution is -2.30. The molecule has 0 aromatic carbocycles. The van der Waals surface area contributed by atoms with E-state index in [4.69, 9.17) is 10.5 Å². The number of thiazole rings is 1. The van der Waals surface area contributed by atoms with Gasteiger partial charge in [-0.1, -0.05) is 0 Å². The first-order chi connectivity index (χ1) is 8.13. The van der Waals surface area contributed by atoms with Crippen LogP contribution in [-0.2, 0) is 4.79 Å². The van der Waals surface area contributed by atoms with Gasteiger partial charge >= 0.3 is 0 Å². The number of hydrogen-bond acceptors (Lipinski definition) is 6. The largest absolute Gasteiger partial charge is 0.479 e. The maximum atomic E-state index is 10.9. The molecular weight excluding hydrogens is 240 g/mol. The molecule has 2 heterocycles. The molecular formula is C10H12N4O2S. The highest BCUT2D eigenvalue weighted by molar-refractivity contribution is 7.17. The molecule has 17 heavy (non-hydrogen) atoms. The van der Waals surface area contributed by atoms with Crippen LogP contribution in [0.5, 0.6) is 5.88 Å². The Morgan fingerprint density at radius 2 is 2.35 bits per heavy atom. The van der Waals surface area contributed by atoms with Gasteiger partial charge in [0.25, 0.3) is 0 Å². The van der Waals surface area contributed by atoms with E-state index in [9.17, 15) is 4.79 Å². The summed E-state index contributed by atoms with van der Waals surface area (Å²) >= 11 is 1.47. The van der Waals surface area contributed by atoms with Crippen molar-refractivity contribution in [2.75, 3.05) is 25.6 Å². The Hall–Kier alpha value is -1.89. The van der Waals surface area contributed by atoms with E-state index >= 15 is 0 Å². The molecule has 0 atom stereocenters. The van der Waals surface area contributed by atoms with Crippen LogP contribution in [0.25, 0.3) is 10.2 Å². The molecule has 90 valence electrons. The fraction of sp³-hybridized carbons (Fsp3) is 0.300. The van der Waals surface area contributed by atoms with Gasteiger partial charge < -0.3 is 15.4 Å². The highest BCUT2D eigenvalue weighted by atomic mass is 32.1. The Balaban J connectivity index is 2.48. The maximum absolute atomic E-state index is 10.9. The van der Waals surface area contributed by atoms with Gasteiger partial charge in [-0.2, -0.15) is 0 Å². The van der Waals surface area contributed by atoms with E-state index in [0.717, 1.165) is 10.4 Å². The van der Waals surface area contributed by atoms with Crippen molar-refractivity contribution in [2.45, 2.75) is 0 Å². The topological polar surface area (TPSA) is 81.3 Å². The molecule has 0 aliphatic heterocycles. The monoisotopic (exact) mass is 252 g/mol. The quantitative estimate of drug-likeness (QED) is 0.862. The van der Waals surface area contributed by atoms with Crippen LogP contribution in [0.1, 0.15) is 0 Å². The summed E-state index contributed by atoms with van der Waals surface area (Å²) in [7, 11) is 3.33. The third-order valence-electron chi connectivity index (χ3n) is 2.30. The number of methoxy groups -OCH3 is 1. The Morgan fingerprint density at radius 3 is 3.00 bits per heavy atom. The third-order valence-corrected chi connectivity index (χ3v) is 3.15. The van der Waals surface area contributed by atoms with E-state index < -0.39 is 0 Å². The molecule has 2 rings (SSSR count). The molecule has 0 saturated carbocycles. The van der Waals surface area contributed by atoms with Crippen LogP contribution in [-0.4, -0.2) is 36.6 Å². The molecule has 0 saturated heterocycles. The van der Waals surface area contributed by atoms with Gasteiger partial charge in [-0.25, -0.2) is 9.97 Å². The first-order valence-electron chi connectivity index (χ1n) is 4.89. The summed E-state index contributed by atoms with van der Waals surface area (Å²) in [5.41, 5.74) is 8.41. The second-order valence-corrected chi connectivity index (χ2v) is 4.36.